The lowest BCUT2D eigenvalue weighted by Gasteiger charge is -2.29. The Morgan fingerprint density at radius 1 is 0.563 bits per heavy atom. The van der Waals surface area contributed by atoms with Crippen molar-refractivity contribution in [2.45, 2.75) is 154 Å². The van der Waals surface area contributed by atoms with Crippen LogP contribution < -0.4 is 65.0 Å². The first-order valence-electron chi connectivity index (χ1n) is 24.5. The number of unbranched alkanes of at least 4 members (excludes halogenated alkanes) is 2. The van der Waals surface area contributed by atoms with Crippen molar-refractivity contribution >= 4 is 76.5 Å². The highest BCUT2D eigenvalue weighted by molar-refractivity contribution is 14.1. The molecule has 7 atom stereocenters. The first-order chi connectivity index (χ1) is 33.5. The van der Waals surface area contributed by atoms with Gasteiger partial charge in [-0.05, 0) is 147 Å². The Bertz CT molecular complexity index is 2030. The number of amides is 7. The molecule has 0 spiro atoms. The Morgan fingerprint density at radius 3 is 1.39 bits per heavy atom. The largest absolute Gasteiger partial charge is 0.497 e. The van der Waals surface area contributed by atoms with Crippen LogP contribution in [0.25, 0.3) is 0 Å². The molecule has 0 fully saturated rings. The molecule has 0 heterocycles. The summed E-state index contributed by atoms with van der Waals surface area (Å²) in [4.78, 5) is 96.8. The van der Waals surface area contributed by atoms with Crippen molar-refractivity contribution in [2.24, 2.45) is 40.7 Å². The van der Waals surface area contributed by atoms with Crippen molar-refractivity contribution in [3.05, 3.63) is 57.2 Å². The Kier molecular flexibility index (Phi) is 28.3. The van der Waals surface area contributed by atoms with E-state index in [-0.39, 0.29) is 73.9 Å². The number of halogens is 1. The van der Waals surface area contributed by atoms with Crippen molar-refractivity contribution in [3.63, 3.8) is 0 Å². The lowest BCUT2D eigenvalue weighted by molar-refractivity contribution is -0.136. The van der Waals surface area contributed by atoms with Gasteiger partial charge in [0, 0.05) is 15.5 Å². The zero-order valence-electron chi connectivity index (χ0n) is 42.4. The number of hydrogen-bond acceptors (Lipinski definition) is 13. The summed E-state index contributed by atoms with van der Waals surface area (Å²) in [6.45, 7) is 11.8. The van der Waals surface area contributed by atoms with E-state index in [4.69, 9.17) is 27.7 Å². The average Bonchev–Trinajstić information content (AvgIpc) is 3.29. The maximum absolute atomic E-state index is 14.5. The Morgan fingerprint density at radius 2 is 0.958 bits per heavy atom. The first-order valence-corrected chi connectivity index (χ1v) is 25.6. The topological polar surface area (TPSA) is 345 Å². The first kappa shape index (κ1) is 62.2. The lowest BCUT2D eigenvalue weighted by atomic mass is 9.78. The van der Waals surface area contributed by atoms with Crippen molar-refractivity contribution in [3.8, 4) is 5.75 Å². The Hall–Kier alpha value is -4.88. The number of methoxy groups -OCH3 is 1. The summed E-state index contributed by atoms with van der Waals surface area (Å²) in [5.74, 6) is -4.96. The summed E-state index contributed by atoms with van der Waals surface area (Å²) in [5.41, 5.74) is 24.7. The third kappa shape index (κ3) is 23.0. The van der Waals surface area contributed by atoms with Gasteiger partial charge in [0.2, 0.25) is 41.4 Å². The van der Waals surface area contributed by atoms with E-state index in [2.05, 4.69) is 54.5 Å². The van der Waals surface area contributed by atoms with Crippen LogP contribution in [0.2, 0.25) is 0 Å². The fourth-order valence-electron chi connectivity index (χ4n) is 7.81. The monoisotopic (exact) mass is 1110 g/mol. The lowest BCUT2D eigenvalue weighted by Crippen LogP contribution is -2.60. The number of carbonyl (C=O) groups excluding carboxylic acids is 7. The van der Waals surface area contributed by atoms with E-state index in [1.165, 1.54) is 19.2 Å². The average molecular weight is 1110 g/mol. The van der Waals surface area contributed by atoms with Gasteiger partial charge in [0.15, 0.2) is 0 Å². The van der Waals surface area contributed by atoms with E-state index >= 15 is 0 Å². The standard InChI is InChI=1S/C49H80BIN10O10/c1-28(2)22-38(43(55)62)58-47(66)39(23-29(3)4)60-49(68)41(27-32-16-19-42(71-7)34(25-32)50(69)70)61-48(67)40(24-30(5)6)59-46(65)37(13-9-11-21-53)57-45(64)36(12-8-10-20-52)56-44(63)35(54)26-31-14-17-33(51)18-15-31/h14-19,25,28-30,35-41,69-70H,8-13,20-24,26-27,52-54H2,1-7H3,(H2,55,62)(H,56,63)(H,57,64)(H,58,66)(H,59,65)(H,60,68)(H,61,67)/t35-,36-,37-,38-,39-,40-,41-/m0/s1. The number of primary amides is 1. The minimum atomic E-state index is -1.95. The number of nitrogens with one attached hydrogen (secondary N) is 6. The highest BCUT2D eigenvalue weighted by Gasteiger charge is 2.35. The quantitative estimate of drug-likeness (QED) is 0.0253. The molecule has 0 aliphatic rings. The molecule has 16 N–H and O–H groups in total. The van der Waals surface area contributed by atoms with Gasteiger partial charge in [-0.3, -0.25) is 33.6 Å². The summed E-state index contributed by atoms with van der Waals surface area (Å²) < 4.78 is 6.30. The summed E-state index contributed by atoms with van der Waals surface area (Å²) in [6.07, 6.45) is 2.86. The van der Waals surface area contributed by atoms with Gasteiger partial charge < -0.3 is 69.6 Å². The molecule has 0 saturated carbocycles. The van der Waals surface area contributed by atoms with Crippen molar-refractivity contribution in [2.75, 3.05) is 20.2 Å². The smallest absolute Gasteiger partial charge is 0.492 e. The van der Waals surface area contributed by atoms with Gasteiger partial charge in [0.1, 0.15) is 42.0 Å². The van der Waals surface area contributed by atoms with Crippen LogP contribution >= 0.6 is 22.6 Å². The van der Waals surface area contributed by atoms with Gasteiger partial charge in [-0.25, -0.2) is 0 Å². The Balaban J connectivity index is 2.52. The minimum absolute atomic E-state index is 0.00405. The number of ether oxygens (including phenoxy) is 1. The van der Waals surface area contributed by atoms with Crippen LogP contribution in [-0.2, 0) is 46.4 Å². The maximum Gasteiger partial charge on any atom is 0.492 e. The second kappa shape index (κ2) is 32.2. The van der Waals surface area contributed by atoms with Gasteiger partial charge in [-0.2, -0.15) is 0 Å². The molecule has 0 aromatic heterocycles. The summed E-state index contributed by atoms with van der Waals surface area (Å²) in [7, 11) is -0.597. The SMILES string of the molecule is COc1ccc(C[C@H](NC(=O)[C@H](CC(C)C)NC(=O)[C@H](CCCCN)NC(=O)[C@H](CCCCN)NC(=O)[C@@H](N)Cc2ccc(I)cc2)C(=O)N[C@@H](CC(C)C)C(=O)N[C@@H](CC(C)C)C(N)=O)cc1B(O)O. The fraction of sp³-hybridized carbons (Fsp3) is 0.612. The predicted molar refractivity (Wildman–Crippen MR) is 282 cm³/mol. The van der Waals surface area contributed by atoms with Crippen LogP contribution in [0.15, 0.2) is 42.5 Å². The number of rotatable bonds is 33. The van der Waals surface area contributed by atoms with E-state index in [9.17, 15) is 43.6 Å². The summed E-state index contributed by atoms with van der Waals surface area (Å²) in [5, 5.41) is 36.8. The zero-order chi connectivity index (χ0) is 53.4. The zero-order valence-corrected chi connectivity index (χ0v) is 44.6. The maximum atomic E-state index is 14.5. The molecule has 20 nitrogen and oxygen atoms in total. The Labute approximate surface area is 433 Å². The molecule has 2 rings (SSSR count). The molecule has 0 aliphatic carbocycles. The third-order valence-electron chi connectivity index (χ3n) is 11.6. The van der Waals surface area contributed by atoms with Gasteiger partial charge in [0.25, 0.3) is 0 Å². The van der Waals surface area contributed by atoms with Crippen molar-refractivity contribution in [1.82, 2.24) is 31.9 Å². The van der Waals surface area contributed by atoms with Crippen LogP contribution in [-0.4, -0.2) is 121 Å². The molecule has 0 radical (unpaired) electrons. The number of carbonyl (C=O) groups is 7. The van der Waals surface area contributed by atoms with Crippen LogP contribution in [0.4, 0.5) is 0 Å². The molecule has 0 unspecified atom stereocenters. The van der Waals surface area contributed by atoms with Crippen LogP contribution in [0.3, 0.4) is 0 Å². The molecule has 396 valence electrons. The van der Waals surface area contributed by atoms with Crippen LogP contribution in [0.1, 0.15) is 110 Å². The molecule has 2 aromatic carbocycles. The molecule has 0 saturated heterocycles. The van der Waals surface area contributed by atoms with Gasteiger partial charge in [0.05, 0.1) is 13.2 Å². The molecule has 71 heavy (non-hydrogen) atoms. The summed E-state index contributed by atoms with van der Waals surface area (Å²) in [6, 6.07) is 3.94. The second-order valence-electron chi connectivity index (χ2n) is 19.3. The van der Waals surface area contributed by atoms with E-state index in [1.807, 2.05) is 65.8 Å². The molecule has 2 aromatic rings. The highest BCUT2D eigenvalue weighted by Crippen LogP contribution is 2.16. The van der Waals surface area contributed by atoms with Crippen LogP contribution in [0, 0.1) is 21.3 Å². The molecular weight excluding hydrogens is 1030 g/mol. The van der Waals surface area contributed by atoms with Crippen molar-refractivity contribution in [1.29, 1.82) is 0 Å². The minimum Gasteiger partial charge on any atom is -0.497 e. The van der Waals surface area contributed by atoms with Gasteiger partial charge in [-0.15, -0.1) is 0 Å². The van der Waals surface area contributed by atoms with E-state index in [0.717, 1.165) is 9.13 Å². The number of nitrogens with two attached hydrogens (primary N) is 4. The molecular formula is C49H80BIN10O10. The summed E-state index contributed by atoms with van der Waals surface area (Å²) >= 11 is 2.18. The predicted octanol–water partition coefficient (Wildman–Crippen LogP) is -0.118. The van der Waals surface area contributed by atoms with Crippen molar-refractivity contribution < 1.29 is 48.3 Å². The second-order valence-corrected chi connectivity index (χ2v) is 20.6. The van der Waals surface area contributed by atoms with Gasteiger partial charge in [-0.1, -0.05) is 65.8 Å². The van der Waals surface area contributed by atoms with E-state index < -0.39 is 90.8 Å². The highest BCUT2D eigenvalue weighted by atomic mass is 127. The third-order valence-corrected chi connectivity index (χ3v) is 12.3. The molecule has 7 amide bonds. The van der Waals surface area contributed by atoms with E-state index in [0.29, 0.717) is 44.3 Å². The number of hydrogen-bond donors (Lipinski definition) is 12. The fourth-order valence-corrected chi connectivity index (χ4v) is 8.17. The van der Waals surface area contributed by atoms with Crippen LogP contribution in [0.5, 0.6) is 5.75 Å². The normalized spacial score (nSPS) is 14.3. The molecule has 0 bridgehead atoms. The molecule has 0 aliphatic heterocycles. The molecule has 22 heteroatoms. The number of benzene rings is 2. The van der Waals surface area contributed by atoms with Gasteiger partial charge >= 0.3 is 7.12 Å². The van der Waals surface area contributed by atoms with E-state index in [1.54, 1.807) is 6.07 Å².